The standard InChI is InChI=1S/C22H18N2O3S/c1-2-17(21(26)27)24-18-9-5-6-10-19(18)28-22(24)23-20(25)16-12-11-14-7-3-4-8-15(14)13-16/h3-13,17H,2H2,1H3,(H,26,27)/b23-22-. The zero-order chi connectivity index (χ0) is 19.7. The molecule has 1 atom stereocenters. The molecule has 0 radical (unpaired) electrons. The first kappa shape index (κ1) is 18.1. The molecule has 4 aromatic rings. The Kier molecular flexibility index (Phi) is 4.79. The number of benzene rings is 3. The van der Waals surface area contributed by atoms with E-state index in [-0.39, 0.29) is 5.91 Å². The lowest BCUT2D eigenvalue weighted by molar-refractivity contribution is -0.140. The van der Waals surface area contributed by atoms with Crippen molar-refractivity contribution < 1.29 is 14.7 Å². The SMILES string of the molecule is CCC(C(=O)O)n1/c(=N/C(=O)c2ccc3ccccc3c2)sc2ccccc21. The molecule has 0 aliphatic rings. The summed E-state index contributed by atoms with van der Waals surface area (Å²) < 4.78 is 2.55. The van der Waals surface area contributed by atoms with Crippen LogP contribution in [0.4, 0.5) is 0 Å². The predicted molar refractivity (Wildman–Crippen MR) is 111 cm³/mol. The normalized spacial score (nSPS) is 13.1. The van der Waals surface area contributed by atoms with Gasteiger partial charge in [-0.3, -0.25) is 4.79 Å². The minimum absolute atomic E-state index is 0.383. The number of aliphatic carboxylic acids is 1. The predicted octanol–water partition coefficient (Wildman–Crippen LogP) is 4.63. The Balaban J connectivity index is 1.88. The number of hydrogen-bond donors (Lipinski definition) is 1. The molecule has 5 nitrogen and oxygen atoms in total. The molecular formula is C22H18N2O3S. The van der Waals surface area contributed by atoms with Gasteiger partial charge in [-0.05, 0) is 41.5 Å². The minimum Gasteiger partial charge on any atom is -0.480 e. The summed E-state index contributed by atoms with van der Waals surface area (Å²) in [5, 5.41) is 11.7. The molecule has 0 bridgehead atoms. The first-order chi connectivity index (χ1) is 13.6. The van der Waals surface area contributed by atoms with Gasteiger partial charge in [-0.1, -0.05) is 60.7 Å². The molecule has 0 saturated heterocycles. The Morgan fingerprint density at radius 2 is 1.75 bits per heavy atom. The smallest absolute Gasteiger partial charge is 0.326 e. The molecule has 140 valence electrons. The maximum atomic E-state index is 12.8. The number of carboxylic acid groups (broad SMARTS) is 1. The second kappa shape index (κ2) is 7.40. The van der Waals surface area contributed by atoms with E-state index in [0.717, 1.165) is 21.0 Å². The van der Waals surface area contributed by atoms with Gasteiger partial charge < -0.3 is 9.67 Å². The second-order valence-corrected chi connectivity index (χ2v) is 7.47. The summed E-state index contributed by atoms with van der Waals surface area (Å²) in [5.74, 6) is -1.32. The Hall–Kier alpha value is -3.25. The molecule has 1 heterocycles. The average Bonchev–Trinajstić information content (AvgIpc) is 3.06. The molecule has 0 aliphatic carbocycles. The van der Waals surface area contributed by atoms with Crippen molar-refractivity contribution >= 4 is 44.2 Å². The van der Waals surface area contributed by atoms with Gasteiger partial charge in [0.1, 0.15) is 6.04 Å². The van der Waals surface area contributed by atoms with Gasteiger partial charge in [-0.25, -0.2) is 4.79 Å². The molecule has 0 saturated carbocycles. The van der Waals surface area contributed by atoms with E-state index in [1.54, 1.807) is 10.6 Å². The average molecular weight is 390 g/mol. The topological polar surface area (TPSA) is 71.7 Å². The van der Waals surface area contributed by atoms with Crippen LogP contribution in [0.3, 0.4) is 0 Å². The van der Waals surface area contributed by atoms with Crippen LogP contribution in [-0.4, -0.2) is 21.6 Å². The van der Waals surface area contributed by atoms with Crippen molar-refractivity contribution in [3.8, 4) is 0 Å². The molecule has 1 aromatic heterocycles. The minimum atomic E-state index is -0.939. The van der Waals surface area contributed by atoms with E-state index in [4.69, 9.17) is 0 Å². The number of hydrogen-bond acceptors (Lipinski definition) is 3. The number of amides is 1. The lowest BCUT2D eigenvalue weighted by Gasteiger charge is -2.13. The number of fused-ring (bicyclic) bond motifs is 2. The number of carbonyl (C=O) groups excluding carboxylic acids is 1. The van der Waals surface area contributed by atoms with Gasteiger partial charge in [0.15, 0.2) is 4.80 Å². The number of thiazole rings is 1. The van der Waals surface area contributed by atoms with Gasteiger partial charge in [-0.2, -0.15) is 4.99 Å². The number of carbonyl (C=O) groups is 2. The molecule has 3 aromatic carbocycles. The Labute approximate surface area is 165 Å². The van der Waals surface area contributed by atoms with E-state index in [1.165, 1.54) is 11.3 Å². The van der Waals surface area contributed by atoms with Crippen molar-refractivity contribution in [3.05, 3.63) is 77.1 Å². The van der Waals surface area contributed by atoms with Crippen molar-refractivity contribution in [3.63, 3.8) is 0 Å². The van der Waals surface area contributed by atoms with Crippen LogP contribution in [-0.2, 0) is 4.79 Å². The maximum Gasteiger partial charge on any atom is 0.326 e. The third-order valence-electron chi connectivity index (χ3n) is 4.71. The largest absolute Gasteiger partial charge is 0.480 e. The highest BCUT2D eigenvalue weighted by molar-refractivity contribution is 7.16. The summed E-state index contributed by atoms with van der Waals surface area (Å²) in [7, 11) is 0. The summed E-state index contributed by atoms with van der Waals surface area (Å²) >= 11 is 1.32. The molecule has 0 spiro atoms. The van der Waals surface area contributed by atoms with Crippen LogP contribution in [0.25, 0.3) is 21.0 Å². The monoisotopic (exact) mass is 390 g/mol. The summed E-state index contributed by atoms with van der Waals surface area (Å²) in [6.07, 6.45) is 0.396. The molecule has 6 heteroatoms. The van der Waals surface area contributed by atoms with E-state index in [0.29, 0.717) is 16.8 Å². The number of nitrogens with zero attached hydrogens (tertiary/aromatic N) is 2. The van der Waals surface area contributed by atoms with Crippen LogP contribution in [0, 0.1) is 0 Å². The van der Waals surface area contributed by atoms with Crippen molar-refractivity contribution in [1.82, 2.24) is 4.57 Å². The third-order valence-corrected chi connectivity index (χ3v) is 5.74. The highest BCUT2D eigenvalue weighted by atomic mass is 32.1. The zero-order valence-electron chi connectivity index (χ0n) is 15.2. The fraction of sp³-hybridized carbons (Fsp3) is 0.136. The molecule has 0 aliphatic heterocycles. The van der Waals surface area contributed by atoms with Gasteiger partial charge in [0, 0.05) is 5.56 Å². The molecule has 0 fully saturated rings. The number of carboxylic acids is 1. The zero-order valence-corrected chi connectivity index (χ0v) is 16.0. The molecule has 28 heavy (non-hydrogen) atoms. The Morgan fingerprint density at radius 1 is 1.04 bits per heavy atom. The first-order valence-corrected chi connectivity index (χ1v) is 9.81. The van der Waals surface area contributed by atoms with E-state index >= 15 is 0 Å². The number of para-hydroxylation sites is 1. The first-order valence-electron chi connectivity index (χ1n) is 8.99. The second-order valence-electron chi connectivity index (χ2n) is 6.46. The van der Waals surface area contributed by atoms with Crippen LogP contribution < -0.4 is 4.80 Å². The molecule has 1 N–H and O–H groups in total. The lowest BCUT2D eigenvalue weighted by Crippen LogP contribution is -2.27. The van der Waals surface area contributed by atoms with Crippen molar-refractivity contribution in [1.29, 1.82) is 0 Å². The van der Waals surface area contributed by atoms with Gasteiger partial charge in [0.05, 0.1) is 10.2 Å². The van der Waals surface area contributed by atoms with E-state index in [2.05, 4.69) is 4.99 Å². The van der Waals surface area contributed by atoms with Crippen molar-refractivity contribution in [2.45, 2.75) is 19.4 Å². The van der Waals surface area contributed by atoms with Crippen LogP contribution in [0.5, 0.6) is 0 Å². The van der Waals surface area contributed by atoms with Crippen molar-refractivity contribution in [2.75, 3.05) is 0 Å². The summed E-state index contributed by atoms with van der Waals surface area (Å²) in [4.78, 5) is 29.3. The highest BCUT2D eigenvalue weighted by Crippen LogP contribution is 2.23. The fourth-order valence-corrected chi connectivity index (χ4v) is 4.38. The lowest BCUT2D eigenvalue weighted by atomic mass is 10.1. The Bertz CT molecular complexity index is 1270. The molecule has 4 rings (SSSR count). The van der Waals surface area contributed by atoms with Gasteiger partial charge in [-0.15, -0.1) is 0 Å². The maximum absolute atomic E-state index is 12.8. The van der Waals surface area contributed by atoms with Crippen LogP contribution in [0.2, 0.25) is 0 Å². The van der Waals surface area contributed by atoms with Gasteiger partial charge >= 0.3 is 5.97 Å². The fourth-order valence-electron chi connectivity index (χ4n) is 3.31. The highest BCUT2D eigenvalue weighted by Gasteiger charge is 2.22. The van der Waals surface area contributed by atoms with E-state index in [1.807, 2.05) is 67.6 Å². The van der Waals surface area contributed by atoms with E-state index < -0.39 is 12.0 Å². The molecule has 1 amide bonds. The van der Waals surface area contributed by atoms with Crippen LogP contribution in [0.15, 0.2) is 71.7 Å². The summed E-state index contributed by atoms with van der Waals surface area (Å²) in [5.41, 5.74) is 1.25. The van der Waals surface area contributed by atoms with Gasteiger partial charge in [0.2, 0.25) is 0 Å². The van der Waals surface area contributed by atoms with Gasteiger partial charge in [0.25, 0.3) is 5.91 Å². The van der Waals surface area contributed by atoms with Crippen molar-refractivity contribution in [2.24, 2.45) is 4.99 Å². The quantitative estimate of drug-likeness (QED) is 0.552. The third kappa shape index (κ3) is 3.23. The van der Waals surface area contributed by atoms with Crippen LogP contribution in [0.1, 0.15) is 29.7 Å². The summed E-state index contributed by atoms with van der Waals surface area (Å²) in [6.45, 7) is 1.81. The Morgan fingerprint density at radius 3 is 2.50 bits per heavy atom. The van der Waals surface area contributed by atoms with E-state index in [9.17, 15) is 14.7 Å². The molecular weight excluding hydrogens is 372 g/mol. The molecule has 1 unspecified atom stereocenters. The van der Waals surface area contributed by atoms with Crippen LogP contribution >= 0.6 is 11.3 Å². The number of rotatable bonds is 4. The number of aromatic nitrogens is 1. The summed E-state index contributed by atoms with van der Waals surface area (Å²) in [6, 6.07) is 20.0.